The maximum Gasteiger partial charge on any atom is 0.253 e. The Bertz CT molecular complexity index is 932. The zero-order valence-electron chi connectivity index (χ0n) is 15.3. The van der Waals surface area contributed by atoms with E-state index in [1.165, 1.54) is 30.9 Å². The highest BCUT2D eigenvalue weighted by molar-refractivity contribution is 9.10. The molecule has 10 heteroatoms. The van der Waals surface area contributed by atoms with E-state index in [0.717, 1.165) is 19.2 Å². The van der Waals surface area contributed by atoms with Gasteiger partial charge in [-0.15, -0.1) is 11.8 Å². The van der Waals surface area contributed by atoms with Gasteiger partial charge >= 0.3 is 0 Å². The van der Waals surface area contributed by atoms with E-state index >= 15 is 0 Å². The number of halogens is 1. The first kappa shape index (κ1) is 22.4. The van der Waals surface area contributed by atoms with Gasteiger partial charge in [0.1, 0.15) is 0 Å². The van der Waals surface area contributed by atoms with Crippen molar-refractivity contribution in [2.45, 2.75) is 16.7 Å². The predicted molar refractivity (Wildman–Crippen MR) is 112 cm³/mol. The van der Waals surface area contributed by atoms with Crippen molar-refractivity contribution in [1.82, 2.24) is 15.2 Å². The second-order valence-corrected chi connectivity index (χ2v) is 9.92. The van der Waals surface area contributed by atoms with E-state index in [9.17, 15) is 18.0 Å². The minimum absolute atomic E-state index is 0.100. The van der Waals surface area contributed by atoms with Crippen molar-refractivity contribution in [3.63, 3.8) is 0 Å². The molecular formula is C18H20BrN3O4S2. The second-order valence-electron chi connectivity index (χ2n) is 5.91. The van der Waals surface area contributed by atoms with Gasteiger partial charge in [0, 0.05) is 16.4 Å². The van der Waals surface area contributed by atoms with Gasteiger partial charge in [-0.3, -0.25) is 20.4 Å². The maximum absolute atomic E-state index is 12.5. The van der Waals surface area contributed by atoms with Gasteiger partial charge in [0.25, 0.3) is 5.91 Å². The highest BCUT2D eigenvalue weighted by atomic mass is 79.9. The highest BCUT2D eigenvalue weighted by Crippen LogP contribution is 2.20. The summed E-state index contributed by atoms with van der Waals surface area (Å²) in [5, 5.41) is 0. The lowest BCUT2D eigenvalue weighted by Crippen LogP contribution is -2.47. The predicted octanol–water partition coefficient (Wildman–Crippen LogP) is 2.32. The molecule has 0 saturated carbocycles. The number of amides is 2. The third-order valence-electron chi connectivity index (χ3n) is 3.62. The molecular weight excluding hydrogens is 466 g/mol. The van der Waals surface area contributed by atoms with Crippen LogP contribution in [-0.2, 0) is 19.6 Å². The quantitative estimate of drug-likeness (QED) is 0.463. The number of benzene rings is 2. The van der Waals surface area contributed by atoms with E-state index in [4.69, 9.17) is 0 Å². The Morgan fingerprint density at radius 2 is 1.57 bits per heavy atom. The average Bonchev–Trinajstić information content (AvgIpc) is 2.66. The van der Waals surface area contributed by atoms with Crippen LogP contribution >= 0.6 is 27.7 Å². The van der Waals surface area contributed by atoms with E-state index in [1.54, 1.807) is 12.1 Å². The molecule has 0 aliphatic carbocycles. The molecule has 0 atom stereocenters. The number of likely N-dealkylation sites (N-methyl/N-ethyl adjacent to an activating group) is 1. The van der Waals surface area contributed by atoms with E-state index in [0.29, 0.717) is 0 Å². The molecule has 2 rings (SSSR count). The maximum atomic E-state index is 12.5. The van der Waals surface area contributed by atoms with Crippen LogP contribution in [0.25, 0.3) is 0 Å². The molecule has 2 amide bonds. The van der Waals surface area contributed by atoms with Crippen LogP contribution in [0, 0.1) is 6.92 Å². The van der Waals surface area contributed by atoms with Crippen LogP contribution in [0.15, 0.2) is 62.8 Å². The first-order valence-corrected chi connectivity index (χ1v) is 11.4. The SMILES string of the molecule is Cc1ccc(S(=O)(=O)N(C)CC(=O)NNC(=O)CSc2ccc(Br)cc2)cc1. The molecule has 28 heavy (non-hydrogen) atoms. The minimum Gasteiger partial charge on any atom is -0.272 e. The number of aryl methyl sites for hydroxylation is 1. The van der Waals surface area contributed by atoms with Gasteiger partial charge in [-0.1, -0.05) is 33.6 Å². The van der Waals surface area contributed by atoms with Crippen molar-refractivity contribution in [3.8, 4) is 0 Å². The topological polar surface area (TPSA) is 95.6 Å². The molecule has 150 valence electrons. The average molecular weight is 486 g/mol. The number of thioether (sulfide) groups is 1. The lowest BCUT2D eigenvalue weighted by Gasteiger charge is -2.17. The number of hydrogen-bond acceptors (Lipinski definition) is 5. The first-order valence-electron chi connectivity index (χ1n) is 8.17. The summed E-state index contributed by atoms with van der Waals surface area (Å²) >= 11 is 4.65. The Kier molecular flexibility index (Phi) is 8.05. The smallest absolute Gasteiger partial charge is 0.253 e. The van der Waals surface area contributed by atoms with Crippen molar-refractivity contribution in [3.05, 3.63) is 58.6 Å². The zero-order valence-corrected chi connectivity index (χ0v) is 18.5. The van der Waals surface area contributed by atoms with Gasteiger partial charge in [0.05, 0.1) is 17.2 Å². The number of carbonyl (C=O) groups is 2. The standard InChI is InChI=1S/C18H20BrN3O4S2/c1-13-3-9-16(10-4-13)28(25,26)22(2)11-17(23)20-21-18(24)12-27-15-7-5-14(19)6-8-15/h3-10H,11-12H2,1-2H3,(H,20,23)(H,21,24). The molecule has 2 aromatic rings. The van der Waals surface area contributed by atoms with Crippen LogP contribution in [0.4, 0.5) is 0 Å². The summed E-state index contributed by atoms with van der Waals surface area (Å²) in [6.07, 6.45) is 0. The van der Waals surface area contributed by atoms with Crippen LogP contribution in [0.2, 0.25) is 0 Å². The molecule has 2 aromatic carbocycles. The molecule has 0 saturated heterocycles. The highest BCUT2D eigenvalue weighted by Gasteiger charge is 2.22. The molecule has 0 spiro atoms. The lowest BCUT2D eigenvalue weighted by molar-refractivity contribution is -0.127. The number of hydrazine groups is 1. The lowest BCUT2D eigenvalue weighted by atomic mass is 10.2. The number of nitrogens with zero attached hydrogens (tertiary/aromatic N) is 1. The molecule has 2 N–H and O–H groups in total. The van der Waals surface area contributed by atoms with Crippen LogP contribution < -0.4 is 10.9 Å². The van der Waals surface area contributed by atoms with Crippen molar-refractivity contribution in [2.75, 3.05) is 19.3 Å². The monoisotopic (exact) mass is 485 g/mol. The normalized spacial score (nSPS) is 11.3. The Hall–Kier alpha value is -1.88. The van der Waals surface area contributed by atoms with Crippen LogP contribution in [-0.4, -0.2) is 43.9 Å². The van der Waals surface area contributed by atoms with Gasteiger partial charge in [0.2, 0.25) is 15.9 Å². The largest absolute Gasteiger partial charge is 0.272 e. The Morgan fingerprint density at radius 3 is 2.18 bits per heavy atom. The van der Waals surface area contributed by atoms with Gasteiger partial charge < -0.3 is 0 Å². The Morgan fingerprint density at radius 1 is 1.00 bits per heavy atom. The van der Waals surface area contributed by atoms with Gasteiger partial charge in [-0.05, 0) is 43.3 Å². The van der Waals surface area contributed by atoms with Crippen LogP contribution in [0.1, 0.15) is 5.56 Å². The van der Waals surface area contributed by atoms with Crippen LogP contribution in [0.3, 0.4) is 0 Å². The molecule has 0 aliphatic rings. The fraction of sp³-hybridized carbons (Fsp3) is 0.222. The van der Waals surface area contributed by atoms with E-state index < -0.39 is 28.4 Å². The number of sulfonamides is 1. The summed E-state index contributed by atoms with van der Waals surface area (Å²) < 4.78 is 26.8. The number of carbonyl (C=O) groups excluding carboxylic acids is 2. The third-order valence-corrected chi connectivity index (χ3v) is 6.98. The summed E-state index contributed by atoms with van der Waals surface area (Å²) in [5.41, 5.74) is 5.44. The van der Waals surface area contributed by atoms with Gasteiger partial charge in [-0.25, -0.2) is 8.42 Å². The fourth-order valence-corrected chi connectivity index (χ4v) is 4.16. The molecule has 0 radical (unpaired) electrons. The summed E-state index contributed by atoms with van der Waals surface area (Å²) in [6, 6.07) is 13.8. The summed E-state index contributed by atoms with van der Waals surface area (Å²) in [6.45, 7) is 1.43. The van der Waals surface area contributed by atoms with Crippen molar-refractivity contribution in [1.29, 1.82) is 0 Å². The molecule has 0 unspecified atom stereocenters. The van der Waals surface area contributed by atoms with Gasteiger partial charge in [0.15, 0.2) is 0 Å². The Balaban J connectivity index is 1.80. The number of nitrogens with one attached hydrogen (secondary N) is 2. The molecule has 0 bridgehead atoms. The fourth-order valence-electron chi connectivity index (χ4n) is 2.07. The molecule has 7 nitrogen and oxygen atoms in total. The summed E-state index contributed by atoms with van der Waals surface area (Å²) in [4.78, 5) is 24.8. The van der Waals surface area contributed by atoms with E-state index in [1.807, 2.05) is 31.2 Å². The van der Waals surface area contributed by atoms with E-state index in [2.05, 4.69) is 26.8 Å². The number of rotatable bonds is 7. The van der Waals surface area contributed by atoms with Crippen molar-refractivity contribution >= 4 is 49.5 Å². The van der Waals surface area contributed by atoms with Crippen molar-refractivity contribution in [2.24, 2.45) is 0 Å². The molecule has 0 heterocycles. The molecule has 0 fully saturated rings. The third kappa shape index (κ3) is 6.62. The second kappa shape index (κ2) is 10.1. The Labute approximate surface area is 177 Å². The molecule has 0 aliphatic heterocycles. The van der Waals surface area contributed by atoms with Gasteiger partial charge in [-0.2, -0.15) is 4.31 Å². The molecule has 0 aromatic heterocycles. The van der Waals surface area contributed by atoms with Crippen molar-refractivity contribution < 1.29 is 18.0 Å². The summed E-state index contributed by atoms with van der Waals surface area (Å²) in [7, 11) is -2.48. The first-order chi connectivity index (χ1) is 13.2. The number of hydrogen-bond donors (Lipinski definition) is 2. The summed E-state index contributed by atoms with van der Waals surface area (Å²) in [5.74, 6) is -0.926. The zero-order chi connectivity index (χ0) is 20.7. The van der Waals surface area contributed by atoms with Crippen LogP contribution in [0.5, 0.6) is 0 Å². The minimum atomic E-state index is -3.79. The van der Waals surface area contributed by atoms with E-state index in [-0.39, 0.29) is 10.6 Å².